The molecule has 0 aliphatic carbocycles. The van der Waals surface area contributed by atoms with Crippen LogP contribution < -0.4 is 21.5 Å². The van der Waals surface area contributed by atoms with Crippen LogP contribution in [0.2, 0.25) is 0 Å². The van der Waals surface area contributed by atoms with Gasteiger partial charge in [-0.05, 0) is 28.8 Å². The number of carbonyl (C=O) groups is 1. The van der Waals surface area contributed by atoms with E-state index in [-0.39, 0.29) is 17.4 Å². The molecular formula is C25H27N5O2. The molecule has 2 aromatic carbocycles. The molecule has 0 spiro atoms. The number of para-hydroxylation sites is 1. The summed E-state index contributed by atoms with van der Waals surface area (Å²) in [6.45, 7) is 1.79. The fourth-order valence-corrected chi connectivity index (χ4v) is 3.86. The SMILES string of the molecule is CN=C(NCc1ccc(Cn2ccccc2=O)cc1)NCC1CC(=O)Nc2ccccc21. The van der Waals surface area contributed by atoms with Crippen LogP contribution in [0.1, 0.15) is 29.0 Å². The molecule has 164 valence electrons. The Morgan fingerprint density at radius 3 is 2.53 bits per heavy atom. The Morgan fingerprint density at radius 2 is 1.75 bits per heavy atom. The molecule has 1 aliphatic rings. The van der Waals surface area contributed by atoms with Crippen LogP contribution in [0, 0.1) is 0 Å². The first kappa shape index (κ1) is 21.4. The Balaban J connectivity index is 1.31. The van der Waals surface area contributed by atoms with Gasteiger partial charge in [0.2, 0.25) is 5.91 Å². The number of nitrogens with one attached hydrogen (secondary N) is 3. The van der Waals surface area contributed by atoms with Crippen LogP contribution in [0.3, 0.4) is 0 Å². The van der Waals surface area contributed by atoms with Crippen LogP contribution in [0.15, 0.2) is 82.7 Å². The van der Waals surface area contributed by atoms with Crippen LogP contribution in [-0.4, -0.2) is 30.0 Å². The second-order valence-corrected chi connectivity index (χ2v) is 7.83. The van der Waals surface area contributed by atoms with Gasteiger partial charge in [0, 0.05) is 50.4 Å². The van der Waals surface area contributed by atoms with E-state index in [1.54, 1.807) is 29.9 Å². The maximum atomic E-state index is 12.0. The maximum Gasteiger partial charge on any atom is 0.250 e. The van der Waals surface area contributed by atoms with Gasteiger partial charge in [0.25, 0.3) is 5.56 Å². The van der Waals surface area contributed by atoms with Gasteiger partial charge in [-0.25, -0.2) is 0 Å². The monoisotopic (exact) mass is 429 g/mol. The minimum absolute atomic E-state index is 0.00816. The van der Waals surface area contributed by atoms with Gasteiger partial charge in [-0.15, -0.1) is 0 Å². The maximum absolute atomic E-state index is 12.0. The van der Waals surface area contributed by atoms with Crippen molar-refractivity contribution in [2.45, 2.75) is 25.4 Å². The van der Waals surface area contributed by atoms with E-state index >= 15 is 0 Å². The van der Waals surface area contributed by atoms with Crippen LogP contribution in [-0.2, 0) is 17.9 Å². The van der Waals surface area contributed by atoms with Crippen LogP contribution in [0.25, 0.3) is 0 Å². The van der Waals surface area contributed by atoms with Crippen molar-refractivity contribution in [2.75, 3.05) is 18.9 Å². The molecule has 7 nitrogen and oxygen atoms in total. The molecular weight excluding hydrogens is 402 g/mol. The third kappa shape index (κ3) is 5.24. The van der Waals surface area contributed by atoms with Gasteiger partial charge in [-0.2, -0.15) is 0 Å². The predicted octanol–water partition coefficient (Wildman–Crippen LogP) is 2.69. The van der Waals surface area contributed by atoms with Gasteiger partial charge in [0.1, 0.15) is 0 Å². The van der Waals surface area contributed by atoms with Crippen molar-refractivity contribution >= 4 is 17.6 Å². The molecule has 1 aromatic heterocycles. The highest BCUT2D eigenvalue weighted by molar-refractivity contribution is 5.94. The molecule has 0 saturated carbocycles. The summed E-state index contributed by atoms with van der Waals surface area (Å²) >= 11 is 0. The highest BCUT2D eigenvalue weighted by Gasteiger charge is 2.24. The molecule has 3 aromatic rings. The summed E-state index contributed by atoms with van der Waals surface area (Å²) in [5.74, 6) is 0.823. The fourth-order valence-electron chi connectivity index (χ4n) is 3.86. The summed E-state index contributed by atoms with van der Waals surface area (Å²) in [5.41, 5.74) is 4.20. The average molecular weight is 430 g/mol. The number of aliphatic imine (C=N–C) groups is 1. The summed E-state index contributed by atoms with van der Waals surface area (Å²) in [6.07, 6.45) is 2.24. The van der Waals surface area contributed by atoms with E-state index in [4.69, 9.17) is 0 Å². The largest absolute Gasteiger partial charge is 0.356 e. The number of anilines is 1. The van der Waals surface area contributed by atoms with Gasteiger partial charge in [0.05, 0.1) is 6.54 Å². The van der Waals surface area contributed by atoms with Crippen molar-refractivity contribution < 1.29 is 4.79 Å². The van der Waals surface area contributed by atoms with Crippen molar-refractivity contribution in [3.8, 4) is 0 Å². The van der Waals surface area contributed by atoms with Crippen molar-refractivity contribution in [1.29, 1.82) is 0 Å². The molecule has 0 fully saturated rings. The molecule has 4 rings (SSSR count). The number of guanidine groups is 1. The molecule has 0 radical (unpaired) electrons. The summed E-state index contributed by atoms with van der Waals surface area (Å²) in [6, 6.07) is 21.2. The Hall–Kier alpha value is -3.87. The van der Waals surface area contributed by atoms with Crippen molar-refractivity contribution in [1.82, 2.24) is 15.2 Å². The van der Waals surface area contributed by atoms with E-state index in [0.29, 0.717) is 32.0 Å². The predicted molar refractivity (Wildman–Crippen MR) is 127 cm³/mol. The van der Waals surface area contributed by atoms with Crippen LogP contribution >= 0.6 is 0 Å². The zero-order valence-corrected chi connectivity index (χ0v) is 18.0. The van der Waals surface area contributed by atoms with Gasteiger partial charge < -0.3 is 20.5 Å². The van der Waals surface area contributed by atoms with E-state index < -0.39 is 0 Å². The molecule has 1 amide bonds. The van der Waals surface area contributed by atoms with Crippen molar-refractivity contribution in [2.24, 2.45) is 4.99 Å². The summed E-state index contributed by atoms with van der Waals surface area (Å²) in [7, 11) is 1.73. The Labute approximate surface area is 187 Å². The minimum atomic E-state index is -0.00816. The first-order valence-electron chi connectivity index (χ1n) is 10.7. The number of hydrogen-bond donors (Lipinski definition) is 3. The minimum Gasteiger partial charge on any atom is -0.356 e. The standard InChI is InChI=1S/C25H27N5O2/c1-26-25(28-16-20-14-23(31)29-22-7-3-2-6-21(20)22)27-15-18-9-11-19(12-10-18)17-30-13-5-4-8-24(30)32/h2-13,20H,14-17H2,1H3,(H,29,31)(H2,26,27,28). The highest BCUT2D eigenvalue weighted by atomic mass is 16.1. The molecule has 7 heteroatoms. The van der Waals surface area contributed by atoms with E-state index in [1.807, 2.05) is 48.5 Å². The average Bonchev–Trinajstić information content (AvgIpc) is 2.81. The molecule has 0 saturated heterocycles. The molecule has 2 heterocycles. The zero-order valence-electron chi connectivity index (χ0n) is 18.0. The fraction of sp³-hybridized carbons (Fsp3) is 0.240. The summed E-state index contributed by atoms with van der Waals surface area (Å²) < 4.78 is 1.68. The lowest BCUT2D eigenvalue weighted by Crippen LogP contribution is -2.40. The molecule has 3 N–H and O–H groups in total. The topological polar surface area (TPSA) is 87.5 Å². The van der Waals surface area contributed by atoms with E-state index in [0.717, 1.165) is 22.4 Å². The lowest BCUT2D eigenvalue weighted by atomic mass is 9.90. The molecule has 1 aliphatic heterocycles. The lowest BCUT2D eigenvalue weighted by molar-refractivity contribution is -0.116. The first-order valence-corrected chi connectivity index (χ1v) is 10.7. The number of carbonyl (C=O) groups excluding carboxylic acids is 1. The van der Waals surface area contributed by atoms with E-state index in [1.165, 1.54) is 0 Å². The normalized spacial score (nSPS) is 15.6. The van der Waals surface area contributed by atoms with Gasteiger partial charge >= 0.3 is 0 Å². The molecule has 32 heavy (non-hydrogen) atoms. The summed E-state index contributed by atoms with van der Waals surface area (Å²) in [5, 5.41) is 9.59. The number of benzene rings is 2. The molecule has 1 atom stereocenters. The Kier molecular flexibility index (Phi) is 6.65. The lowest BCUT2D eigenvalue weighted by Gasteiger charge is -2.26. The first-order chi connectivity index (χ1) is 15.6. The number of rotatable bonds is 6. The number of pyridine rings is 1. The number of nitrogens with zero attached hydrogens (tertiary/aromatic N) is 2. The van der Waals surface area contributed by atoms with Gasteiger partial charge in [-0.3, -0.25) is 14.6 Å². The number of hydrogen-bond acceptors (Lipinski definition) is 3. The molecule has 1 unspecified atom stereocenters. The smallest absolute Gasteiger partial charge is 0.250 e. The second kappa shape index (κ2) is 9.96. The summed E-state index contributed by atoms with van der Waals surface area (Å²) in [4.78, 5) is 28.2. The Morgan fingerprint density at radius 1 is 1.00 bits per heavy atom. The second-order valence-electron chi connectivity index (χ2n) is 7.83. The number of amides is 1. The van der Waals surface area contributed by atoms with Crippen LogP contribution in [0.5, 0.6) is 0 Å². The van der Waals surface area contributed by atoms with Crippen LogP contribution in [0.4, 0.5) is 5.69 Å². The molecule has 0 bridgehead atoms. The van der Waals surface area contributed by atoms with Crippen molar-refractivity contribution in [3.05, 3.63) is 100.0 Å². The third-order valence-corrected chi connectivity index (χ3v) is 5.58. The van der Waals surface area contributed by atoms with E-state index in [9.17, 15) is 9.59 Å². The van der Waals surface area contributed by atoms with E-state index in [2.05, 4.69) is 27.0 Å². The third-order valence-electron chi connectivity index (χ3n) is 5.58. The quantitative estimate of drug-likeness (QED) is 0.415. The number of aromatic nitrogens is 1. The van der Waals surface area contributed by atoms with Crippen molar-refractivity contribution in [3.63, 3.8) is 0 Å². The van der Waals surface area contributed by atoms with Gasteiger partial charge in [0.15, 0.2) is 5.96 Å². The Bertz CT molecular complexity index is 1170. The van der Waals surface area contributed by atoms with Gasteiger partial charge in [-0.1, -0.05) is 48.5 Å². The number of fused-ring (bicyclic) bond motifs is 1. The highest BCUT2D eigenvalue weighted by Crippen LogP contribution is 2.31. The zero-order chi connectivity index (χ0) is 22.3.